The van der Waals surface area contributed by atoms with E-state index in [1.807, 2.05) is 24.3 Å². The zero-order valence-corrected chi connectivity index (χ0v) is 27.1. The van der Waals surface area contributed by atoms with Crippen molar-refractivity contribution >= 4 is 78.0 Å². The molecule has 43 heavy (non-hydrogen) atoms. The number of rotatable bonds is 8. The zero-order valence-electron chi connectivity index (χ0n) is 23.9. The summed E-state index contributed by atoms with van der Waals surface area (Å²) in [6, 6.07) is 14.0. The molecule has 0 spiro atoms. The second kappa shape index (κ2) is 13.7. The quantitative estimate of drug-likeness (QED) is 0.366. The number of anilines is 2. The zero-order chi connectivity index (χ0) is 30.8. The Labute approximate surface area is 264 Å². The number of carbonyl (C=O) groups is 3. The predicted octanol–water partition coefficient (Wildman–Crippen LogP) is 2.92. The Hall–Kier alpha value is -3.70. The molecule has 4 rings (SSSR count). The number of hydrogen-bond acceptors (Lipinski definition) is 8. The van der Waals surface area contributed by atoms with Crippen molar-refractivity contribution < 1.29 is 27.5 Å². The number of benzene rings is 3. The van der Waals surface area contributed by atoms with Crippen LogP contribution in [-0.2, 0) is 30.8 Å². The highest BCUT2D eigenvalue weighted by atomic mass is 79.9. The van der Waals surface area contributed by atoms with Crippen LogP contribution in [0.15, 0.2) is 53.0 Å². The van der Waals surface area contributed by atoms with Crippen molar-refractivity contribution in [1.29, 1.82) is 5.26 Å². The van der Waals surface area contributed by atoms with Gasteiger partial charge in [-0.05, 0) is 61.1 Å². The molecule has 3 amide bonds. The number of halogens is 2. The summed E-state index contributed by atoms with van der Waals surface area (Å²) in [5.41, 5.74) is 1.33. The number of likely N-dealkylation sites (N-methyl/N-ethyl adjacent to an activating group) is 1. The van der Waals surface area contributed by atoms with Gasteiger partial charge in [-0.25, -0.2) is 8.42 Å². The summed E-state index contributed by atoms with van der Waals surface area (Å²) in [5, 5.41) is 16.9. The summed E-state index contributed by atoms with van der Waals surface area (Å²) in [5.74, 6) is -2.11. The lowest BCUT2D eigenvalue weighted by atomic mass is 10.0. The molecule has 228 valence electrons. The Morgan fingerprint density at radius 3 is 2.51 bits per heavy atom. The molecule has 0 radical (unpaired) electrons. The van der Waals surface area contributed by atoms with E-state index in [0.29, 0.717) is 11.3 Å². The monoisotopic (exact) mass is 691 g/mol. The van der Waals surface area contributed by atoms with Gasteiger partial charge in [-0.2, -0.15) is 5.26 Å². The molecule has 0 saturated carbocycles. The Morgan fingerprint density at radius 2 is 1.88 bits per heavy atom. The van der Waals surface area contributed by atoms with Crippen LogP contribution in [-0.4, -0.2) is 70.9 Å². The van der Waals surface area contributed by atoms with Crippen molar-refractivity contribution in [2.24, 2.45) is 0 Å². The van der Waals surface area contributed by atoms with Crippen LogP contribution in [0.25, 0.3) is 10.8 Å². The van der Waals surface area contributed by atoms with Gasteiger partial charge in [0.25, 0.3) is 5.91 Å². The van der Waals surface area contributed by atoms with Gasteiger partial charge in [-0.3, -0.25) is 14.4 Å². The van der Waals surface area contributed by atoms with Gasteiger partial charge in [0.2, 0.25) is 11.8 Å². The molecule has 1 heterocycles. The van der Waals surface area contributed by atoms with Crippen molar-refractivity contribution in [1.82, 2.24) is 10.6 Å². The number of sulfone groups is 1. The van der Waals surface area contributed by atoms with Gasteiger partial charge in [-0.1, -0.05) is 28.1 Å². The van der Waals surface area contributed by atoms with E-state index < -0.39 is 45.4 Å². The van der Waals surface area contributed by atoms with Crippen molar-refractivity contribution in [2.75, 3.05) is 42.5 Å². The molecule has 0 bridgehead atoms. The molecule has 0 saturated heterocycles. The summed E-state index contributed by atoms with van der Waals surface area (Å²) in [6.07, 6.45) is 0.943. The van der Waals surface area contributed by atoms with Crippen LogP contribution in [0, 0.1) is 11.3 Å². The van der Waals surface area contributed by atoms with Crippen LogP contribution in [0.1, 0.15) is 18.1 Å². The first-order valence-electron chi connectivity index (χ1n) is 12.9. The van der Waals surface area contributed by atoms with Crippen LogP contribution in [0.2, 0.25) is 0 Å². The van der Waals surface area contributed by atoms with Gasteiger partial charge < -0.3 is 25.2 Å². The van der Waals surface area contributed by atoms with E-state index in [9.17, 15) is 28.1 Å². The molecule has 0 fully saturated rings. The molecule has 2 N–H and O–H groups in total. The average molecular weight is 693 g/mol. The second-order valence-corrected chi connectivity index (χ2v) is 13.0. The van der Waals surface area contributed by atoms with Crippen LogP contribution < -0.4 is 25.2 Å². The molecule has 2 unspecified atom stereocenters. The third-order valence-corrected chi connectivity index (χ3v) is 8.52. The first kappa shape index (κ1) is 33.8. The number of ether oxygens (including phenoxy) is 1. The van der Waals surface area contributed by atoms with E-state index in [1.54, 1.807) is 20.0 Å². The smallest absolute Gasteiger partial charge is 0.251 e. The Kier molecular flexibility index (Phi) is 10.8. The summed E-state index contributed by atoms with van der Waals surface area (Å²) in [7, 11) is -0.620. The number of nitriles is 1. The topological polar surface area (TPSA) is 149 Å². The molecule has 1 aliphatic heterocycles. The minimum absolute atomic E-state index is 0. The van der Waals surface area contributed by atoms with E-state index in [2.05, 4.69) is 32.6 Å². The summed E-state index contributed by atoms with van der Waals surface area (Å²) in [6.45, 7) is 1.26. The minimum Gasteiger partial charge on any atom is -0.496 e. The lowest BCUT2D eigenvalue weighted by molar-refractivity contribution is -0.128. The van der Waals surface area contributed by atoms with Gasteiger partial charge in [0.1, 0.15) is 17.5 Å². The highest BCUT2D eigenvalue weighted by Crippen LogP contribution is 2.39. The summed E-state index contributed by atoms with van der Waals surface area (Å²) < 4.78 is 30.7. The normalized spacial score (nSPS) is 15.5. The standard InChI is InChI=1S/C29H30BrN5O6S.ClH/c1-17(32-2)28(37)33-23-15-34(27(36)16-42(4,39)40)24-10-8-18(13-31)12-25(24)35(29(23)38)14-21-19-6-5-7-22(30)20(19)9-11-26(21)41-3;/h5-12,17,23,32H,14-16H2,1-4H3,(H,33,37);1H. The van der Waals surface area contributed by atoms with Gasteiger partial charge in [-0.15, -0.1) is 12.4 Å². The summed E-state index contributed by atoms with van der Waals surface area (Å²) in [4.78, 5) is 43.2. The molecule has 3 aromatic rings. The number of fused-ring (bicyclic) bond motifs is 2. The first-order valence-corrected chi connectivity index (χ1v) is 15.8. The van der Waals surface area contributed by atoms with E-state index in [-0.39, 0.29) is 42.4 Å². The number of amides is 3. The molecule has 0 aliphatic carbocycles. The molecular weight excluding hydrogens is 662 g/mol. The molecular formula is C29H31BrClN5O6S. The SMILES string of the molecule is CNC(C)C(=O)NC1CN(C(=O)CS(C)(=O)=O)c2ccc(C#N)cc2N(Cc2c(OC)ccc3c(Br)cccc23)C1=O.Cl. The van der Waals surface area contributed by atoms with Crippen molar-refractivity contribution in [3.8, 4) is 11.8 Å². The molecule has 14 heteroatoms. The van der Waals surface area contributed by atoms with Crippen molar-refractivity contribution in [3.05, 3.63) is 64.1 Å². The minimum atomic E-state index is -3.73. The Bertz CT molecular complexity index is 1730. The Balaban J connectivity index is 0.00000506. The van der Waals surface area contributed by atoms with E-state index >= 15 is 0 Å². The number of methoxy groups -OCH3 is 1. The fraction of sp³-hybridized carbons (Fsp3) is 0.310. The Morgan fingerprint density at radius 1 is 1.16 bits per heavy atom. The van der Waals surface area contributed by atoms with Crippen LogP contribution >= 0.6 is 28.3 Å². The first-order chi connectivity index (χ1) is 19.9. The number of nitrogens with zero attached hydrogens (tertiary/aromatic N) is 3. The third-order valence-electron chi connectivity index (χ3n) is 7.06. The van der Waals surface area contributed by atoms with E-state index in [4.69, 9.17) is 4.74 Å². The maximum atomic E-state index is 14.3. The molecule has 1 aliphatic rings. The number of nitrogens with one attached hydrogen (secondary N) is 2. The maximum absolute atomic E-state index is 14.3. The lowest BCUT2D eigenvalue weighted by Crippen LogP contribution is -2.56. The predicted molar refractivity (Wildman–Crippen MR) is 170 cm³/mol. The van der Waals surface area contributed by atoms with E-state index in [1.165, 1.54) is 35.1 Å². The lowest BCUT2D eigenvalue weighted by Gasteiger charge is -2.27. The fourth-order valence-electron chi connectivity index (χ4n) is 4.81. The fourth-order valence-corrected chi connectivity index (χ4v) is 5.92. The second-order valence-electron chi connectivity index (χ2n) is 9.97. The summed E-state index contributed by atoms with van der Waals surface area (Å²) >= 11 is 3.57. The van der Waals surface area contributed by atoms with Gasteiger partial charge in [0.05, 0.1) is 49.2 Å². The van der Waals surface area contributed by atoms with Crippen LogP contribution in [0.3, 0.4) is 0 Å². The third kappa shape index (κ3) is 7.27. The highest BCUT2D eigenvalue weighted by Gasteiger charge is 2.38. The maximum Gasteiger partial charge on any atom is 0.251 e. The number of hydrogen-bond donors (Lipinski definition) is 2. The highest BCUT2D eigenvalue weighted by molar-refractivity contribution is 9.10. The molecule has 0 aromatic heterocycles. The van der Waals surface area contributed by atoms with E-state index in [0.717, 1.165) is 21.5 Å². The van der Waals surface area contributed by atoms with Gasteiger partial charge >= 0.3 is 0 Å². The van der Waals surface area contributed by atoms with Gasteiger partial charge in [0.15, 0.2) is 9.84 Å². The largest absolute Gasteiger partial charge is 0.496 e. The molecule has 2 atom stereocenters. The number of carbonyl (C=O) groups excluding carboxylic acids is 3. The average Bonchev–Trinajstić information content (AvgIpc) is 3.06. The van der Waals surface area contributed by atoms with Crippen LogP contribution in [0.4, 0.5) is 11.4 Å². The van der Waals surface area contributed by atoms with Gasteiger partial charge in [0, 0.05) is 16.3 Å². The molecule has 11 nitrogen and oxygen atoms in total. The van der Waals surface area contributed by atoms with Crippen molar-refractivity contribution in [2.45, 2.75) is 25.6 Å². The van der Waals surface area contributed by atoms with Crippen molar-refractivity contribution in [3.63, 3.8) is 0 Å². The van der Waals surface area contributed by atoms with Crippen LogP contribution in [0.5, 0.6) is 5.75 Å². The molecule has 3 aromatic carbocycles.